The van der Waals surface area contributed by atoms with Crippen molar-refractivity contribution in [2.24, 2.45) is 0 Å². The second-order valence-corrected chi connectivity index (χ2v) is 5.87. The van der Waals surface area contributed by atoms with Crippen molar-refractivity contribution in [3.05, 3.63) is 29.6 Å². The summed E-state index contributed by atoms with van der Waals surface area (Å²) < 4.78 is 13.0. The zero-order valence-corrected chi connectivity index (χ0v) is 11.5. The van der Waals surface area contributed by atoms with Gasteiger partial charge in [-0.25, -0.2) is 14.0 Å². The maximum Gasteiger partial charge on any atom is 0.337 e. The molecule has 1 fully saturated rings. The first kappa shape index (κ1) is 14.6. The molecule has 3 N–H and O–H groups in total. The number of carbonyl (C=O) groups excluding carboxylic acids is 1. The topological polar surface area (TPSA) is 78.4 Å². The predicted octanol–water partition coefficient (Wildman–Crippen LogP) is 2.54. The highest BCUT2D eigenvalue weighted by molar-refractivity contribution is 8.00. The fourth-order valence-corrected chi connectivity index (χ4v) is 3.18. The largest absolute Gasteiger partial charge is 0.478 e. The highest BCUT2D eigenvalue weighted by atomic mass is 32.2. The van der Waals surface area contributed by atoms with Crippen LogP contribution in [0.2, 0.25) is 0 Å². The molecule has 1 unspecified atom stereocenters. The van der Waals surface area contributed by atoms with Crippen LogP contribution in [0.15, 0.2) is 18.2 Å². The van der Waals surface area contributed by atoms with Crippen LogP contribution in [0.25, 0.3) is 0 Å². The number of aromatic carboxylic acids is 1. The lowest BCUT2D eigenvalue weighted by Gasteiger charge is -2.12. The standard InChI is InChI=1S/C13H15FN2O3S/c14-8-3-4-11(10(6-8)12(17)18)16-13(19)15-7-9-2-1-5-20-9/h3-4,6,9H,1-2,5,7H2,(H,17,18)(H2,15,16,19). The molecule has 0 aliphatic carbocycles. The van der Waals surface area contributed by atoms with Gasteiger partial charge < -0.3 is 15.7 Å². The summed E-state index contributed by atoms with van der Waals surface area (Å²) in [7, 11) is 0. The van der Waals surface area contributed by atoms with Crippen LogP contribution in [0.4, 0.5) is 14.9 Å². The summed E-state index contributed by atoms with van der Waals surface area (Å²) in [6, 6.07) is 2.74. The molecule has 5 nitrogen and oxygen atoms in total. The lowest BCUT2D eigenvalue weighted by molar-refractivity contribution is 0.0697. The normalized spacial score (nSPS) is 17.8. The van der Waals surface area contributed by atoms with Gasteiger partial charge >= 0.3 is 12.0 Å². The predicted molar refractivity (Wildman–Crippen MR) is 75.9 cm³/mol. The van der Waals surface area contributed by atoms with E-state index in [0.717, 1.165) is 30.7 Å². The molecule has 2 amide bonds. The van der Waals surface area contributed by atoms with Crippen molar-refractivity contribution in [3.8, 4) is 0 Å². The van der Waals surface area contributed by atoms with Gasteiger partial charge in [0, 0.05) is 11.8 Å². The number of rotatable bonds is 4. The van der Waals surface area contributed by atoms with E-state index in [2.05, 4.69) is 10.6 Å². The number of nitrogens with one attached hydrogen (secondary N) is 2. The van der Waals surface area contributed by atoms with Gasteiger partial charge in [-0.05, 0) is 36.8 Å². The van der Waals surface area contributed by atoms with Crippen LogP contribution in [-0.2, 0) is 0 Å². The number of carboxylic acids is 1. The number of benzene rings is 1. The van der Waals surface area contributed by atoms with E-state index in [0.29, 0.717) is 11.8 Å². The van der Waals surface area contributed by atoms with Crippen LogP contribution in [0.3, 0.4) is 0 Å². The first-order valence-electron chi connectivity index (χ1n) is 6.25. The number of amides is 2. The molecule has 0 spiro atoms. The number of anilines is 1. The molecule has 0 aromatic heterocycles. The number of thioether (sulfide) groups is 1. The molecule has 7 heteroatoms. The highest BCUT2D eigenvalue weighted by Crippen LogP contribution is 2.25. The van der Waals surface area contributed by atoms with Crippen LogP contribution >= 0.6 is 11.8 Å². The van der Waals surface area contributed by atoms with Crippen LogP contribution in [0, 0.1) is 5.82 Å². The summed E-state index contributed by atoms with van der Waals surface area (Å²) in [6.07, 6.45) is 2.22. The maximum atomic E-state index is 13.0. The molecule has 1 saturated heterocycles. The molecule has 1 atom stereocenters. The van der Waals surface area contributed by atoms with Gasteiger partial charge in [-0.15, -0.1) is 0 Å². The third kappa shape index (κ3) is 3.86. The van der Waals surface area contributed by atoms with Crippen LogP contribution in [-0.4, -0.2) is 34.7 Å². The van der Waals surface area contributed by atoms with Crippen LogP contribution in [0.1, 0.15) is 23.2 Å². The molecule has 20 heavy (non-hydrogen) atoms. The van der Waals surface area contributed by atoms with E-state index in [4.69, 9.17) is 5.11 Å². The minimum Gasteiger partial charge on any atom is -0.478 e. The molecule has 2 rings (SSSR count). The van der Waals surface area contributed by atoms with Crippen molar-refractivity contribution in [1.29, 1.82) is 0 Å². The third-order valence-corrected chi connectivity index (χ3v) is 4.37. The minimum absolute atomic E-state index is 0.0791. The zero-order valence-electron chi connectivity index (χ0n) is 10.7. The van der Waals surface area contributed by atoms with E-state index >= 15 is 0 Å². The molecule has 0 saturated carbocycles. The van der Waals surface area contributed by atoms with Crippen molar-refractivity contribution in [1.82, 2.24) is 5.32 Å². The Morgan fingerprint density at radius 3 is 2.90 bits per heavy atom. The Morgan fingerprint density at radius 1 is 1.45 bits per heavy atom. The summed E-state index contributed by atoms with van der Waals surface area (Å²) >= 11 is 1.81. The lowest BCUT2D eigenvalue weighted by Crippen LogP contribution is -2.33. The molecule has 1 aliphatic heterocycles. The van der Waals surface area contributed by atoms with Gasteiger partial charge in [0.25, 0.3) is 0 Å². The number of hydrogen-bond donors (Lipinski definition) is 3. The average Bonchev–Trinajstić information content (AvgIpc) is 2.91. The second-order valence-electron chi connectivity index (χ2n) is 4.47. The first-order chi connectivity index (χ1) is 9.56. The molecule has 1 aromatic rings. The maximum absolute atomic E-state index is 13.0. The van der Waals surface area contributed by atoms with Gasteiger partial charge in [0.15, 0.2) is 0 Å². The van der Waals surface area contributed by atoms with E-state index in [-0.39, 0.29) is 11.3 Å². The minimum atomic E-state index is -1.29. The van der Waals surface area contributed by atoms with Crippen molar-refractivity contribution < 1.29 is 19.1 Å². The summed E-state index contributed by atoms with van der Waals surface area (Å²) in [5.74, 6) is -0.836. The van der Waals surface area contributed by atoms with Crippen molar-refractivity contribution >= 4 is 29.4 Å². The summed E-state index contributed by atoms with van der Waals surface area (Å²) in [6.45, 7) is 0.542. The first-order valence-corrected chi connectivity index (χ1v) is 7.30. The number of carbonyl (C=O) groups is 2. The molecular weight excluding hydrogens is 283 g/mol. The Hall–Kier alpha value is -1.76. The summed E-state index contributed by atoms with van der Waals surface area (Å²) in [5.41, 5.74) is -0.189. The quantitative estimate of drug-likeness (QED) is 0.798. The third-order valence-electron chi connectivity index (χ3n) is 2.97. The summed E-state index contributed by atoms with van der Waals surface area (Å²) in [5, 5.41) is 14.5. The molecule has 1 aromatic carbocycles. The van der Waals surface area contributed by atoms with Crippen molar-refractivity contribution in [2.45, 2.75) is 18.1 Å². The summed E-state index contributed by atoms with van der Waals surface area (Å²) in [4.78, 5) is 22.7. The molecule has 0 radical (unpaired) electrons. The average molecular weight is 298 g/mol. The van der Waals surface area contributed by atoms with E-state index in [1.807, 2.05) is 11.8 Å². The van der Waals surface area contributed by atoms with Gasteiger partial charge in [-0.3, -0.25) is 0 Å². The molecule has 0 bridgehead atoms. The Balaban J connectivity index is 1.94. The van der Waals surface area contributed by atoms with E-state index in [1.54, 1.807) is 0 Å². The van der Waals surface area contributed by atoms with Gasteiger partial charge in [0.2, 0.25) is 0 Å². The molecule has 108 valence electrons. The van der Waals surface area contributed by atoms with Crippen LogP contribution < -0.4 is 10.6 Å². The number of carboxylic acid groups (broad SMARTS) is 1. The zero-order chi connectivity index (χ0) is 14.5. The molecule has 1 heterocycles. The number of urea groups is 1. The van der Waals surface area contributed by atoms with E-state index < -0.39 is 17.8 Å². The SMILES string of the molecule is O=C(NCC1CCCS1)Nc1ccc(F)cc1C(=O)O. The monoisotopic (exact) mass is 298 g/mol. The molecular formula is C13H15FN2O3S. The smallest absolute Gasteiger partial charge is 0.337 e. The fourth-order valence-electron chi connectivity index (χ4n) is 1.98. The Labute approximate surface area is 119 Å². The Bertz CT molecular complexity index is 518. The van der Waals surface area contributed by atoms with Crippen molar-refractivity contribution in [3.63, 3.8) is 0 Å². The second kappa shape index (κ2) is 6.60. The van der Waals surface area contributed by atoms with Crippen LogP contribution in [0.5, 0.6) is 0 Å². The van der Waals surface area contributed by atoms with E-state index in [1.165, 1.54) is 6.07 Å². The highest BCUT2D eigenvalue weighted by Gasteiger charge is 2.17. The fraction of sp³-hybridized carbons (Fsp3) is 0.385. The number of hydrogen-bond acceptors (Lipinski definition) is 3. The Kier molecular flexibility index (Phi) is 4.84. The van der Waals surface area contributed by atoms with Crippen molar-refractivity contribution in [2.75, 3.05) is 17.6 Å². The van der Waals surface area contributed by atoms with Gasteiger partial charge in [-0.2, -0.15) is 11.8 Å². The molecule has 1 aliphatic rings. The van der Waals surface area contributed by atoms with E-state index in [9.17, 15) is 14.0 Å². The van der Waals surface area contributed by atoms with Gasteiger partial charge in [0.1, 0.15) is 5.82 Å². The lowest BCUT2D eigenvalue weighted by atomic mass is 10.1. The van der Waals surface area contributed by atoms with Gasteiger partial charge in [0.05, 0.1) is 11.3 Å². The van der Waals surface area contributed by atoms with Gasteiger partial charge in [-0.1, -0.05) is 0 Å². The number of halogens is 1. The Morgan fingerprint density at radius 2 is 2.25 bits per heavy atom.